The fourth-order valence-electron chi connectivity index (χ4n) is 2.03. The lowest BCUT2D eigenvalue weighted by Crippen LogP contribution is -2.03. The molecule has 2 aromatic rings. The number of nitrogens with zero attached hydrogens (tertiary/aromatic N) is 3. The molecule has 0 aliphatic heterocycles. The van der Waals surface area contributed by atoms with Gasteiger partial charge < -0.3 is 0 Å². The molecule has 2 rings (SSSR count). The van der Waals surface area contributed by atoms with Crippen molar-refractivity contribution in [1.29, 1.82) is 0 Å². The van der Waals surface area contributed by atoms with E-state index in [1.165, 1.54) is 6.07 Å². The van der Waals surface area contributed by atoms with E-state index >= 15 is 0 Å². The predicted octanol–water partition coefficient (Wildman–Crippen LogP) is 3.23. The van der Waals surface area contributed by atoms with Gasteiger partial charge in [-0.2, -0.15) is 5.10 Å². The van der Waals surface area contributed by atoms with Crippen LogP contribution < -0.4 is 0 Å². The monoisotopic (exact) mass is 278 g/mol. The van der Waals surface area contributed by atoms with Gasteiger partial charge in [0.15, 0.2) is 10.6 Å². The Hall–Kier alpha value is -2.02. The van der Waals surface area contributed by atoms with Gasteiger partial charge in [-0.15, -0.1) is 0 Å². The number of nitro groups is 1. The third-order valence-corrected chi connectivity index (χ3v) is 3.19. The first kappa shape index (κ1) is 13.4. The van der Waals surface area contributed by atoms with Crippen molar-refractivity contribution >= 4 is 17.9 Å². The summed E-state index contributed by atoms with van der Waals surface area (Å²) in [6.07, 6.45) is 0.876. The second kappa shape index (κ2) is 5.31. The molecule has 0 saturated heterocycles. The van der Waals surface area contributed by atoms with E-state index in [1.54, 1.807) is 10.6 Å². The van der Waals surface area contributed by atoms with Gasteiger partial charge in [-0.3, -0.25) is 19.8 Å². The fourth-order valence-corrected chi connectivity index (χ4v) is 2.26. The van der Waals surface area contributed by atoms with Crippen molar-refractivity contribution in [3.63, 3.8) is 0 Å². The van der Waals surface area contributed by atoms with Gasteiger partial charge in [0.2, 0.25) is 0 Å². The third-order valence-electron chi connectivity index (χ3n) is 2.88. The molecule has 1 N–H and O–H groups in total. The van der Waals surface area contributed by atoms with E-state index in [2.05, 4.69) is 10.2 Å². The second-order valence-electron chi connectivity index (χ2n) is 4.23. The van der Waals surface area contributed by atoms with Crippen molar-refractivity contribution in [3.05, 3.63) is 38.6 Å². The average molecular weight is 278 g/mol. The minimum absolute atomic E-state index is 0.0475. The molecule has 0 fully saturated rings. The van der Waals surface area contributed by atoms with Gasteiger partial charge in [0, 0.05) is 12.6 Å². The van der Waals surface area contributed by atoms with Crippen molar-refractivity contribution in [2.24, 2.45) is 0 Å². The lowest BCUT2D eigenvalue weighted by Gasteiger charge is -2.08. The van der Waals surface area contributed by atoms with Gasteiger partial charge in [-0.1, -0.05) is 19.1 Å². The maximum absolute atomic E-state index is 11.2. The molecular weight excluding hydrogens is 264 g/mol. The van der Waals surface area contributed by atoms with Crippen LogP contribution in [0.5, 0.6) is 0 Å². The predicted molar refractivity (Wildman–Crippen MR) is 74.5 cm³/mol. The lowest BCUT2D eigenvalue weighted by molar-refractivity contribution is -0.384. The van der Waals surface area contributed by atoms with E-state index in [0.717, 1.165) is 12.0 Å². The summed E-state index contributed by atoms with van der Waals surface area (Å²) in [4.78, 5) is 10.8. The third kappa shape index (κ3) is 2.41. The van der Waals surface area contributed by atoms with Crippen LogP contribution in [-0.4, -0.2) is 19.7 Å². The number of benzene rings is 1. The SMILES string of the molecule is CCCn1c(-c2c(C)cccc2[N+](=O)[O-])n[nH]c1=S. The van der Waals surface area contributed by atoms with Gasteiger partial charge >= 0.3 is 0 Å². The number of hydrogen-bond donors (Lipinski definition) is 1. The molecule has 19 heavy (non-hydrogen) atoms. The fraction of sp³-hybridized carbons (Fsp3) is 0.333. The van der Waals surface area contributed by atoms with Crippen LogP contribution in [0, 0.1) is 21.8 Å². The Labute approximate surface area is 115 Å². The maximum atomic E-state index is 11.2. The largest absolute Gasteiger partial charge is 0.300 e. The van der Waals surface area contributed by atoms with E-state index in [0.29, 0.717) is 22.7 Å². The number of nitro benzene ring substituents is 1. The molecule has 0 unspecified atom stereocenters. The summed E-state index contributed by atoms with van der Waals surface area (Å²) in [5.74, 6) is 0.525. The Morgan fingerprint density at radius 1 is 1.53 bits per heavy atom. The highest BCUT2D eigenvalue weighted by atomic mass is 32.1. The Morgan fingerprint density at radius 3 is 2.89 bits per heavy atom. The molecular formula is C12H14N4O2S. The first-order chi connectivity index (χ1) is 9.06. The van der Waals surface area contributed by atoms with E-state index in [4.69, 9.17) is 12.2 Å². The highest BCUT2D eigenvalue weighted by Crippen LogP contribution is 2.31. The molecule has 100 valence electrons. The van der Waals surface area contributed by atoms with Gasteiger partial charge in [-0.25, -0.2) is 0 Å². The van der Waals surface area contributed by atoms with Crippen LogP contribution in [0.2, 0.25) is 0 Å². The van der Waals surface area contributed by atoms with Crippen LogP contribution in [-0.2, 0) is 6.54 Å². The molecule has 0 aliphatic rings. The van der Waals surface area contributed by atoms with Gasteiger partial charge in [-0.05, 0) is 31.1 Å². The number of aromatic nitrogens is 3. The summed E-state index contributed by atoms with van der Waals surface area (Å²) < 4.78 is 2.28. The molecule has 0 saturated carbocycles. The van der Waals surface area contributed by atoms with Crippen LogP contribution >= 0.6 is 12.2 Å². The average Bonchev–Trinajstić information content (AvgIpc) is 2.71. The van der Waals surface area contributed by atoms with E-state index in [1.807, 2.05) is 19.9 Å². The molecule has 0 atom stereocenters. The van der Waals surface area contributed by atoms with Crippen LogP contribution in [0.4, 0.5) is 5.69 Å². The molecule has 1 heterocycles. The zero-order valence-corrected chi connectivity index (χ0v) is 11.5. The van der Waals surface area contributed by atoms with E-state index < -0.39 is 4.92 Å². The van der Waals surface area contributed by atoms with Gasteiger partial charge in [0.05, 0.1) is 10.5 Å². The number of H-pyrrole nitrogens is 1. The molecule has 0 bridgehead atoms. The summed E-state index contributed by atoms with van der Waals surface area (Å²) in [5.41, 5.74) is 1.38. The summed E-state index contributed by atoms with van der Waals surface area (Å²) in [7, 11) is 0. The minimum atomic E-state index is -0.393. The number of rotatable bonds is 4. The van der Waals surface area contributed by atoms with Gasteiger partial charge in [0.1, 0.15) is 0 Å². The zero-order chi connectivity index (χ0) is 14.0. The zero-order valence-electron chi connectivity index (χ0n) is 10.7. The van der Waals surface area contributed by atoms with Crippen molar-refractivity contribution in [2.45, 2.75) is 26.8 Å². The molecule has 6 nitrogen and oxygen atoms in total. The number of aryl methyl sites for hydroxylation is 1. The summed E-state index contributed by atoms with van der Waals surface area (Å²) in [6, 6.07) is 4.98. The Morgan fingerprint density at radius 2 is 2.26 bits per heavy atom. The molecule has 0 aliphatic carbocycles. The number of aromatic amines is 1. The molecule has 1 aromatic heterocycles. The minimum Gasteiger partial charge on any atom is -0.300 e. The quantitative estimate of drug-likeness (QED) is 0.529. The number of nitrogens with one attached hydrogen (secondary N) is 1. The van der Waals surface area contributed by atoms with Crippen molar-refractivity contribution in [2.75, 3.05) is 0 Å². The van der Waals surface area contributed by atoms with Crippen molar-refractivity contribution < 1.29 is 4.92 Å². The molecule has 0 radical (unpaired) electrons. The normalized spacial score (nSPS) is 10.6. The van der Waals surface area contributed by atoms with Crippen LogP contribution in [0.1, 0.15) is 18.9 Å². The first-order valence-corrected chi connectivity index (χ1v) is 6.36. The molecule has 7 heteroatoms. The highest BCUT2D eigenvalue weighted by molar-refractivity contribution is 7.71. The van der Waals surface area contributed by atoms with Gasteiger partial charge in [0.25, 0.3) is 5.69 Å². The summed E-state index contributed by atoms with van der Waals surface area (Å²) in [5, 5.41) is 18.0. The Kier molecular flexibility index (Phi) is 3.75. The Bertz CT molecular complexity index is 675. The summed E-state index contributed by atoms with van der Waals surface area (Å²) in [6.45, 7) is 4.53. The van der Waals surface area contributed by atoms with E-state index in [-0.39, 0.29) is 5.69 Å². The highest BCUT2D eigenvalue weighted by Gasteiger charge is 2.21. The van der Waals surface area contributed by atoms with Crippen molar-refractivity contribution in [1.82, 2.24) is 14.8 Å². The Balaban J connectivity index is 2.72. The van der Waals surface area contributed by atoms with Crippen molar-refractivity contribution in [3.8, 4) is 11.4 Å². The first-order valence-electron chi connectivity index (χ1n) is 5.95. The topological polar surface area (TPSA) is 76.8 Å². The molecule has 0 amide bonds. The maximum Gasteiger partial charge on any atom is 0.280 e. The van der Waals surface area contributed by atoms with E-state index in [9.17, 15) is 10.1 Å². The lowest BCUT2D eigenvalue weighted by atomic mass is 10.1. The molecule has 0 spiro atoms. The molecule has 1 aromatic carbocycles. The van der Waals surface area contributed by atoms with Crippen LogP contribution in [0.3, 0.4) is 0 Å². The second-order valence-corrected chi connectivity index (χ2v) is 4.62. The van der Waals surface area contributed by atoms with Crippen LogP contribution in [0.25, 0.3) is 11.4 Å². The number of hydrogen-bond acceptors (Lipinski definition) is 4. The summed E-state index contributed by atoms with van der Waals surface area (Å²) >= 11 is 5.17. The smallest absolute Gasteiger partial charge is 0.280 e. The van der Waals surface area contributed by atoms with Crippen LogP contribution in [0.15, 0.2) is 18.2 Å². The standard InChI is InChI=1S/C12H14N4O2S/c1-3-7-15-11(13-14-12(15)19)10-8(2)5-4-6-9(10)16(17)18/h4-6H,3,7H2,1-2H3,(H,14,19).